The lowest BCUT2D eigenvalue weighted by atomic mass is 12.0. The maximum absolute atomic E-state index is 0. The molecule has 0 atom stereocenters. The van der Waals surface area contributed by atoms with Crippen LogP contribution < -0.4 is 0 Å². The zero-order valence-corrected chi connectivity index (χ0v) is 118. The predicted octanol–water partition coefficient (Wildman–Crippen LogP) is -16.7. The molecule has 484 valence electrons. The summed E-state index contributed by atoms with van der Waals surface area (Å²) < 4.78 is 0. The van der Waals surface area contributed by atoms with Crippen LogP contribution in [0.25, 0.3) is 0 Å². The fourth-order valence-electron chi connectivity index (χ4n) is 0. The largest absolute Gasteiger partial charge is 0.0776 e. The maximum Gasteiger partial charge on any atom is 0 e. The Balaban J connectivity index is 0. The minimum Gasteiger partial charge on any atom is -0.0776 e. The topological polar surface area (TPSA) is 0 Å². The van der Waals surface area contributed by atoms with Crippen LogP contribution in [0.4, 0.5) is 0 Å². The predicted molar refractivity (Wildman–Crippen MR) is 596 cm³/mol. The minimum absolute atomic E-state index is 0. The van der Waals surface area contributed by atoms with E-state index in [0.717, 1.165) is 0 Å². The van der Waals surface area contributed by atoms with Crippen LogP contribution in [0.15, 0.2) is 0 Å². The van der Waals surface area contributed by atoms with Gasteiger partial charge in [0.05, 0.1) is 0 Å². The summed E-state index contributed by atoms with van der Waals surface area (Å²) in [4.78, 5) is 0. The molecule has 79 heteroatoms. The smallest absolute Gasteiger partial charge is 0 e. The minimum atomic E-state index is 0. The molecule has 316 radical (unpaired) electrons. The summed E-state index contributed by atoms with van der Waals surface area (Å²) in [5.74, 6) is 0. The van der Waals surface area contributed by atoms with Crippen molar-refractivity contribution in [2.75, 3.05) is 0 Å². The van der Waals surface area contributed by atoms with E-state index >= 15 is 0 Å². The summed E-state index contributed by atoms with van der Waals surface area (Å²) in [6.45, 7) is 0. The highest BCUT2D eigenvalue weighted by Gasteiger charge is 0.0893. The molecule has 100 heavy (non-hydrogen) atoms. The summed E-state index contributed by atoms with van der Waals surface area (Å²) in [5.41, 5.74) is 0. The third-order valence-corrected chi connectivity index (χ3v) is 0. The van der Waals surface area contributed by atoms with Crippen molar-refractivity contribution >= 4 is 866 Å². The average molecular weight is 2560 g/mol. The molecule has 0 bridgehead atoms. The van der Waals surface area contributed by atoms with E-state index < -0.39 is 0 Å². The molecule has 0 aromatic carbocycles. The van der Waals surface area contributed by atoms with Crippen molar-refractivity contribution in [1.82, 2.24) is 0 Å². The van der Waals surface area contributed by atoms with Gasteiger partial charge < -0.3 is 0 Å². The van der Waals surface area contributed by atoms with E-state index in [9.17, 15) is 0 Å². The Morgan fingerprint density at radius 3 is 0.0200 bits per heavy atom. The standard InChI is InChI=1S/21CH4.79Si/h21*1H4;;;;;;;;;;;;;;;;;;;;;;;;;;;;;;;;;;;;;;;;;;;;;;;;;;;;;;;;;;;;;;;;;;;;;;;;;;;;;;;. The van der Waals surface area contributed by atoms with E-state index in [0.29, 0.717) is 0 Å². The number of hydrogen-bond acceptors (Lipinski definition) is 0. The fourth-order valence-corrected chi connectivity index (χ4v) is 0. The Bertz CT molecular complexity index is 74.1. The number of rotatable bonds is 0. The van der Waals surface area contributed by atoms with E-state index in [4.69, 9.17) is 0 Å². The van der Waals surface area contributed by atoms with E-state index in [1.54, 1.807) is 0 Å². The van der Waals surface area contributed by atoms with Crippen LogP contribution in [-0.2, 0) is 0 Å². The molecule has 0 fully saturated rings. The second-order valence-electron chi connectivity index (χ2n) is 0. The molecule has 0 amide bonds. The van der Waals surface area contributed by atoms with Crippen LogP contribution in [0.1, 0.15) is 156 Å². The molecular weight excluding hydrogens is 2470 g/mol. The van der Waals surface area contributed by atoms with Gasteiger partial charge in [0, 0.05) is 866 Å². The van der Waals surface area contributed by atoms with Gasteiger partial charge in [0.15, 0.2) is 0 Å². The Morgan fingerprint density at radius 1 is 0.0200 bits per heavy atom. The molecule has 0 rings (SSSR count). The van der Waals surface area contributed by atoms with Crippen molar-refractivity contribution in [3.05, 3.63) is 0 Å². The van der Waals surface area contributed by atoms with Crippen LogP contribution in [0.3, 0.4) is 0 Å². The molecule has 0 aliphatic heterocycles. The highest BCUT2D eigenvalue weighted by atomic mass is 28.2. The van der Waals surface area contributed by atoms with Gasteiger partial charge in [-0.25, -0.2) is 0 Å². The van der Waals surface area contributed by atoms with Crippen molar-refractivity contribution in [3.63, 3.8) is 0 Å². The zero-order chi connectivity index (χ0) is 0. The van der Waals surface area contributed by atoms with Gasteiger partial charge in [-0.2, -0.15) is 0 Å². The zero-order valence-electron chi connectivity index (χ0n) is 39.5. The number of hydrogen-bond donors (Lipinski definition) is 0. The van der Waals surface area contributed by atoms with Crippen LogP contribution >= 0.6 is 0 Å². The van der Waals surface area contributed by atoms with Crippen molar-refractivity contribution in [3.8, 4) is 0 Å². The van der Waals surface area contributed by atoms with E-state index in [-0.39, 0.29) is 1020 Å². The molecule has 0 aliphatic carbocycles. The fraction of sp³-hybridized carbons (Fsp3) is 1.00. The lowest BCUT2D eigenvalue weighted by molar-refractivity contribution is 2.50. The van der Waals surface area contributed by atoms with E-state index in [1.165, 1.54) is 0 Å². The Labute approximate surface area is 1010 Å². The Morgan fingerprint density at radius 2 is 0.0200 bits per heavy atom. The summed E-state index contributed by atoms with van der Waals surface area (Å²) in [7, 11) is 0. The van der Waals surface area contributed by atoms with E-state index in [1.807, 2.05) is 0 Å². The third kappa shape index (κ3) is 5110. The summed E-state index contributed by atoms with van der Waals surface area (Å²) in [5, 5.41) is 0. The highest BCUT2D eigenvalue weighted by molar-refractivity contribution is 5.83. The second kappa shape index (κ2) is 5240. The molecule has 0 aromatic rings. The van der Waals surface area contributed by atoms with Gasteiger partial charge in [-0.3, -0.25) is 0 Å². The van der Waals surface area contributed by atoms with Gasteiger partial charge in [-0.05, 0) is 0 Å². The van der Waals surface area contributed by atoms with Crippen LogP contribution in [0.2, 0.25) is 0 Å². The van der Waals surface area contributed by atoms with Gasteiger partial charge in [-0.1, -0.05) is 156 Å². The van der Waals surface area contributed by atoms with Gasteiger partial charge in [0.25, 0.3) is 0 Å². The average Bonchev–Trinajstić information content (AvgIpc) is 0. The normalized spacial score (nSPS) is 0. The summed E-state index contributed by atoms with van der Waals surface area (Å²) in [6, 6.07) is 0. The molecular formula is C21H84Si79. The molecule has 0 saturated heterocycles. The Hall–Kier alpha value is 17.1. The monoisotopic (exact) mass is 2550 g/mol. The first-order valence-corrected chi connectivity index (χ1v) is 0. The first kappa shape index (κ1) is 5380. The van der Waals surface area contributed by atoms with Gasteiger partial charge in [0.1, 0.15) is 0 Å². The molecule has 0 heterocycles. The lowest BCUT2D eigenvalue weighted by Gasteiger charge is -0.0786. The van der Waals surface area contributed by atoms with E-state index in [2.05, 4.69) is 0 Å². The van der Waals surface area contributed by atoms with Crippen LogP contribution in [0, 0.1) is 0 Å². The first-order valence-electron chi connectivity index (χ1n) is 0. The van der Waals surface area contributed by atoms with Gasteiger partial charge in [0.2, 0.25) is 0 Å². The van der Waals surface area contributed by atoms with Gasteiger partial charge >= 0.3 is 0 Å². The highest BCUT2D eigenvalue weighted by Crippen LogP contribution is 0.168. The quantitative estimate of drug-likeness (QED) is 0.212. The SMILES string of the molecule is C.C.C.C.C.C.C.C.C.C.C.C.C.C.C.C.C.C.C.C.C.[Si].[Si].[Si].[Si].[Si].[Si].[Si].[Si].[Si].[Si].[Si].[Si].[Si].[Si].[Si].[Si].[Si].[Si].[Si].[Si].[Si].[Si].[Si].[Si].[Si].[Si].[Si].[Si].[Si].[Si].[Si].[Si].[Si].[Si].[Si].[Si].[Si].[Si].[Si].[Si].[Si].[Si].[Si].[Si].[Si].[Si].[Si].[Si].[Si].[Si].[Si].[Si].[Si].[Si].[Si].[Si].[Si].[Si].[Si].[Si].[Si].[Si].[Si].[Si].[Si].[Si].[Si].[Si].[Si].[Si].[Si].[Si].[Si].[Si].[Si].[Si].[Si].[Si].[Si]. The van der Waals surface area contributed by atoms with Crippen molar-refractivity contribution < 1.29 is 0 Å². The molecule has 0 saturated carbocycles. The summed E-state index contributed by atoms with van der Waals surface area (Å²) in [6.07, 6.45) is 0. The van der Waals surface area contributed by atoms with Crippen LogP contribution in [0.5, 0.6) is 0 Å². The molecule has 0 aromatic heterocycles. The summed E-state index contributed by atoms with van der Waals surface area (Å²) >= 11 is 0. The molecule has 0 spiro atoms. The van der Waals surface area contributed by atoms with Crippen LogP contribution in [-0.4, -0.2) is 866 Å². The van der Waals surface area contributed by atoms with Crippen molar-refractivity contribution in [2.45, 2.75) is 156 Å². The lowest BCUT2D eigenvalue weighted by Crippen LogP contribution is -0.382. The maximum atomic E-state index is 0. The molecule has 0 unspecified atom stereocenters. The second-order valence-corrected chi connectivity index (χ2v) is 0. The molecule has 0 N–H and O–H groups in total. The van der Waals surface area contributed by atoms with Gasteiger partial charge in [-0.15, -0.1) is 0 Å². The van der Waals surface area contributed by atoms with Crippen molar-refractivity contribution in [1.29, 1.82) is 0 Å². The third-order valence-electron chi connectivity index (χ3n) is 0. The molecule has 0 nitrogen and oxygen atoms in total. The van der Waals surface area contributed by atoms with Crippen molar-refractivity contribution in [2.24, 2.45) is 0 Å². The Kier molecular flexibility index (Phi) is 282000. The molecule has 0 aliphatic rings. The first-order chi connectivity index (χ1) is 0.